The second kappa shape index (κ2) is 4.82. The first-order valence-corrected chi connectivity index (χ1v) is 5.74. The number of nitrogens with zero attached hydrogens (tertiary/aromatic N) is 2. The molecule has 17 heavy (non-hydrogen) atoms. The maximum Gasteiger partial charge on any atom is 0.130 e. The quantitative estimate of drug-likeness (QED) is 0.742. The summed E-state index contributed by atoms with van der Waals surface area (Å²) in [6, 6.07) is 15.5. The highest BCUT2D eigenvalue weighted by atomic mass is 79.9. The zero-order valence-electron chi connectivity index (χ0n) is 8.81. The van der Waals surface area contributed by atoms with Gasteiger partial charge < -0.3 is 0 Å². The third-order valence-electron chi connectivity index (χ3n) is 2.43. The van der Waals surface area contributed by atoms with E-state index in [9.17, 15) is 0 Å². The normalized spacial score (nSPS) is 9.35. The van der Waals surface area contributed by atoms with E-state index in [2.05, 4.69) is 15.9 Å². The highest BCUT2D eigenvalue weighted by Gasteiger charge is 2.03. The molecule has 0 fully saturated rings. The summed E-state index contributed by atoms with van der Waals surface area (Å²) in [5.41, 5.74) is 0.933. The Morgan fingerprint density at radius 3 is 2.47 bits per heavy atom. The molecule has 0 spiro atoms. The maximum absolute atomic E-state index is 8.74. The number of benzene rings is 2. The number of halogens is 1. The smallest absolute Gasteiger partial charge is 0.130 e. The minimum Gasteiger partial charge on any atom is -0.192 e. The predicted octanol–water partition coefficient (Wildman–Crippen LogP) is 4.03. The molecule has 0 aliphatic rings. The van der Waals surface area contributed by atoms with E-state index in [1.54, 1.807) is 6.08 Å². The fourth-order valence-corrected chi connectivity index (χ4v) is 2.21. The molecular formula is C14H7BrN2. The fraction of sp³-hybridized carbons (Fsp3) is 0. The van der Waals surface area contributed by atoms with E-state index in [0.29, 0.717) is 0 Å². The largest absolute Gasteiger partial charge is 0.192 e. The van der Waals surface area contributed by atoms with Gasteiger partial charge in [0.2, 0.25) is 0 Å². The van der Waals surface area contributed by atoms with Crippen molar-refractivity contribution < 1.29 is 0 Å². The lowest BCUT2D eigenvalue weighted by molar-refractivity contribution is 1.47. The monoisotopic (exact) mass is 282 g/mol. The van der Waals surface area contributed by atoms with Gasteiger partial charge in [-0.3, -0.25) is 0 Å². The fourth-order valence-electron chi connectivity index (χ4n) is 1.61. The Morgan fingerprint density at radius 2 is 1.76 bits per heavy atom. The molecule has 0 atom stereocenters. The molecule has 0 saturated heterocycles. The molecule has 0 bridgehead atoms. The molecule has 0 N–H and O–H groups in total. The molecule has 0 saturated carbocycles. The molecule has 0 radical (unpaired) electrons. The van der Waals surface area contributed by atoms with E-state index in [4.69, 9.17) is 10.5 Å². The van der Waals surface area contributed by atoms with Crippen molar-refractivity contribution in [3.05, 3.63) is 52.0 Å². The van der Waals surface area contributed by atoms with Gasteiger partial charge in [-0.2, -0.15) is 10.5 Å². The van der Waals surface area contributed by atoms with Crippen LogP contribution in [-0.2, 0) is 0 Å². The Bertz CT molecular complexity index is 671. The standard InChI is InChI=1S/C14H7BrN2/c15-14-12(7-10(8-16)9-17)6-5-11-3-1-2-4-13(11)14/h1-7H. The van der Waals surface area contributed by atoms with Gasteiger partial charge >= 0.3 is 0 Å². The van der Waals surface area contributed by atoms with Crippen molar-refractivity contribution in [1.29, 1.82) is 10.5 Å². The van der Waals surface area contributed by atoms with Crippen LogP contribution in [0.15, 0.2) is 46.4 Å². The predicted molar refractivity (Wildman–Crippen MR) is 70.9 cm³/mol. The van der Waals surface area contributed by atoms with Gasteiger partial charge in [0.15, 0.2) is 0 Å². The Labute approximate surface area is 108 Å². The number of rotatable bonds is 1. The Morgan fingerprint density at radius 1 is 1.06 bits per heavy atom. The summed E-state index contributed by atoms with van der Waals surface area (Å²) in [4.78, 5) is 0. The molecule has 0 amide bonds. The third kappa shape index (κ3) is 2.20. The van der Waals surface area contributed by atoms with Gasteiger partial charge in [-0.15, -0.1) is 0 Å². The first-order valence-electron chi connectivity index (χ1n) is 4.95. The van der Waals surface area contributed by atoms with Gasteiger partial charge in [-0.25, -0.2) is 0 Å². The van der Waals surface area contributed by atoms with Gasteiger partial charge in [0, 0.05) is 4.47 Å². The summed E-state index contributed by atoms with van der Waals surface area (Å²) >= 11 is 3.51. The van der Waals surface area contributed by atoms with Crippen LogP contribution in [-0.4, -0.2) is 0 Å². The van der Waals surface area contributed by atoms with Crippen LogP contribution in [0.4, 0.5) is 0 Å². The molecule has 0 unspecified atom stereocenters. The van der Waals surface area contributed by atoms with Crippen molar-refractivity contribution in [3.8, 4) is 12.1 Å². The van der Waals surface area contributed by atoms with Crippen LogP contribution in [0.5, 0.6) is 0 Å². The summed E-state index contributed by atoms with van der Waals surface area (Å²) in [6.07, 6.45) is 1.58. The summed E-state index contributed by atoms with van der Waals surface area (Å²) in [5, 5.41) is 19.7. The second-order valence-corrected chi connectivity index (χ2v) is 4.26. The van der Waals surface area contributed by atoms with Crippen molar-refractivity contribution in [2.24, 2.45) is 0 Å². The van der Waals surface area contributed by atoms with Gasteiger partial charge in [-0.1, -0.05) is 36.4 Å². The van der Waals surface area contributed by atoms with E-state index in [-0.39, 0.29) is 5.57 Å². The molecule has 0 aromatic heterocycles. The van der Waals surface area contributed by atoms with Gasteiger partial charge in [-0.05, 0) is 38.3 Å². The minimum absolute atomic E-state index is 0.0981. The molecule has 2 rings (SSSR count). The average Bonchev–Trinajstić information content (AvgIpc) is 2.38. The Kier molecular flexibility index (Phi) is 3.23. The highest BCUT2D eigenvalue weighted by Crippen LogP contribution is 2.28. The van der Waals surface area contributed by atoms with Crippen LogP contribution in [0.1, 0.15) is 5.56 Å². The molecule has 3 heteroatoms. The molecule has 2 aromatic rings. The average molecular weight is 283 g/mol. The van der Waals surface area contributed by atoms with Crippen molar-refractivity contribution in [2.45, 2.75) is 0 Å². The molecule has 0 heterocycles. The highest BCUT2D eigenvalue weighted by molar-refractivity contribution is 9.10. The lowest BCUT2D eigenvalue weighted by atomic mass is 10.1. The van der Waals surface area contributed by atoms with E-state index in [0.717, 1.165) is 20.8 Å². The van der Waals surface area contributed by atoms with E-state index in [1.165, 1.54) is 0 Å². The number of hydrogen-bond donors (Lipinski definition) is 0. The van der Waals surface area contributed by atoms with Gasteiger partial charge in [0.25, 0.3) is 0 Å². The first kappa shape index (κ1) is 11.4. The maximum atomic E-state index is 8.74. The summed E-state index contributed by atoms with van der Waals surface area (Å²) in [6.45, 7) is 0. The van der Waals surface area contributed by atoms with Crippen LogP contribution in [0.25, 0.3) is 16.8 Å². The number of fused-ring (bicyclic) bond motifs is 1. The van der Waals surface area contributed by atoms with Crippen molar-refractivity contribution in [3.63, 3.8) is 0 Å². The van der Waals surface area contributed by atoms with E-state index < -0.39 is 0 Å². The zero-order chi connectivity index (χ0) is 12.3. The van der Waals surface area contributed by atoms with Crippen LogP contribution < -0.4 is 0 Å². The lowest BCUT2D eigenvalue weighted by Gasteiger charge is -2.04. The van der Waals surface area contributed by atoms with Crippen LogP contribution in [0.3, 0.4) is 0 Å². The topological polar surface area (TPSA) is 47.6 Å². The number of nitriles is 2. The molecule has 80 valence electrons. The molecule has 2 aromatic carbocycles. The van der Waals surface area contributed by atoms with E-state index in [1.807, 2.05) is 48.5 Å². The summed E-state index contributed by atoms with van der Waals surface area (Å²) in [7, 11) is 0. The molecule has 0 aliphatic heterocycles. The Balaban J connectivity index is 2.67. The van der Waals surface area contributed by atoms with Crippen molar-refractivity contribution in [1.82, 2.24) is 0 Å². The summed E-state index contributed by atoms with van der Waals surface area (Å²) in [5.74, 6) is 0. The van der Waals surface area contributed by atoms with E-state index >= 15 is 0 Å². The van der Waals surface area contributed by atoms with Crippen molar-refractivity contribution >= 4 is 32.8 Å². The number of allylic oxidation sites excluding steroid dienone is 1. The summed E-state index contributed by atoms with van der Waals surface area (Å²) < 4.78 is 0.901. The minimum atomic E-state index is 0.0981. The van der Waals surface area contributed by atoms with Crippen LogP contribution in [0, 0.1) is 22.7 Å². The third-order valence-corrected chi connectivity index (χ3v) is 3.32. The van der Waals surface area contributed by atoms with Gasteiger partial charge in [0.05, 0.1) is 0 Å². The molecule has 2 nitrogen and oxygen atoms in total. The Hall–Kier alpha value is -2.10. The molecule has 0 aliphatic carbocycles. The zero-order valence-corrected chi connectivity index (χ0v) is 10.4. The van der Waals surface area contributed by atoms with Crippen molar-refractivity contribution in [2.75, 3.05) is 0 Å². The van der Waals surface area contributed by atoms with Crippen LogP contribution in [0.2, 0.25) is 0 Å². The molecular weight excluding hydrogens is 276 g/mol. The lowest BCUT2D eigenvalue weighted by Crippen LogP contribution is -1.81. The first-order chi connectivity index (χ1) is 8.26. The SMILES string of the molecule is N#CC(C#N)=Cc1ccc2ccccc2c1Br. The second-order valence-electron chi connectivity index (χ2n) is 3.47. The number of hydrogen-bond acceptors (Lipinski definition) is 2. The van der Waals surface area contributed by atoms with Crippen LogP contribution >= 0.6 is 15.9 Å². The van der Waals surface area contributed by atoms with Gasteiger partial charge in [0.1, 0.15) is 17.7 Å².